The highest BCUT2D eigenvalue weighted by Gasteiger charge is 2.72. The van der Waals surface area contributed by atoms with Crippen LogP contribution < -0.4 is 5.32 Å². The second-order valence-electron chi connectivity index (χ2n) is 9.82. The van der Waals surface area contributed by atoms with Crippen LogP contribution in [0.2, 0.25) is 0 Å². The molecule has 8 heteroatoms. The van der Waals surface area contributed by atoms with Gasteiger partial charge in [-0.25, -0.2) is 0 Å². The second kappa shape index (κ2) is 9.45. The summed E-state index contributed by atoms with van der Waals surface area (Å²) in [5.74, 6) is -0.511. The van der Waals surface area contributed by atoms with E-state index in [1.54, 1.807) is 7.11 Å². The topological polar surface area (TPSA) is 102 Å². The van der Waals surface area contributed by atoms with Crippen molar-refractivity contribution in [3.05, 3.63) is 11.6 Å². The highest BCUT2D eigenvalue weighted by molar-refractivity contribution is 5.75. The molecule has 3 fully saturated rings. The Balaban J connectivity index is 1.70. The fraction of sp³-hybridized carbons (Fsp3) is 0.870. The van der Waals surface area contributed by atoms with E-state index < -0.39 is 18.4 Å². The van der Waals surface area contributed by atoms with Crippen LogP contribution in [0, 0.1) is 11.8 Å². The lowest BCUT2D eigenvalue weighted by molar-refractivity contribution is -0.219. The minimum absolute atomic E-state index is 0.00647. The molecule has 1 aliphatic carbocycles. The number of aliphatic hydroxyl groups excluding tert-OH is 1. The van der Waals surface area contributed by atoms with Gasteiger partial charge in [0.1, 0.15) is 11.6 Å². The molecule has 2 saturated heterocycles. The Morgan fingerprint density at radius 1 is 1.32 bits per heavy atom. The number of hydrogen-bond acceptors (Lipinski definition) is 8. The molecule has 3 rings (SSSR count). The van der Waals surface area contributed by atoms with E-state index in [-0.39, 0.29) is 41.3 Å². The van der Waals surface area contributed by atoms with Gasteiger partial charge in [-0.05, 0) is 46.0 Å². The van der Waals surface area contributed by atoms with E-state index in [1.807, 2.05) is 13.8 Å². The molecule has 3 aliphatic rings. The van der Waals surface area contributed by atoms with Gasteiger partial charge in [0.15, 0.2) is 0 Å². The van der Waals surface area contributed by atoms with E-state index in [9.17, 15) is 9.90 Å². The van der Waals surface area contributed by atoms with Crippen LogP contribution in [0.3, 0.4) is 0 Å². The number of esters is 1. The Morgan fingerprint density at radius 2 is 2.00 bits per heavy atom. The first-order valence-electron chi connectivity index (χ1n) is 11.2. The zero-order valence-corrected chi connectivity index (χ0v) is 19.8. The number of ether oxygens (including phenoxy) is 5. The molecule has 2 aliphatic heterocycles. The summed E-state index contributed by atoms with van der Waals surface area (Å²) in [5, 5.41) is 13.4. The number of methoxy groups -OCH3 is 2. The van der Waals surface area contributed by atoms with Crippen LogP contribution in [-0.2, 0) is 28.5 Å². The monoisotopic (exact) mass is 441 g/mol. The van der Waals surface area contributed by atoms with Gasteiger partial charge < -0.3 is 28.8 Å². The Morgan fingerprint density at radius 3 is 2.52 bits per heavy atom. The highest BCUT2D eigenvalue weighted by atomic mass is 16.7. The van der Waals surface area contributed by atoms with Crippen molar-refractivity contribution >= 4 is 5.97 Å². The molecular weight excluding hydrogens is 402 g/mol. The van der Waals surface area contributed by atoms with Gasteiger partial charge in [0.25, 0.3) is 0 Å². The molecule has 0 aromatic carbocycles. The van der Waals surface area contributed by atoms with Crippen LogP contribution in [0.4, 0.5) is 0 Å². The van der Waals surface area contributed by atoms with Gasteiger partial charge in [-0.2, -0.15) is 0 Å². The average molecular weight is 442 g/mol. The molecule has 178 valence electrons. The Hall–Kier alpha value is -1.03. The number of aliphatic hydroxyl groups is 1. The second-order valence-corrected chi connectivity index (χ2v) is 9.82. The number of carbonyl (C=O) groups is 1. The van der Waals surface area contributed by atoms with Crippen molar-refractivity contribution in [3.63, 3.8) is 0 Å². The zero-order chi connectivity index (χ0) is 23.0. The Kier molecular flexibility index (Phi) is 7.50. The molecule has 2 heterocycles. The molecule has 1 saturated carbocycles. The van der Waals surface area contributed by atoms with E-state index in [0.29, 0.717) is 13.0 Å². The number of carbonyl (C=O) groups excluding carboxylic acids is 1. The number of rotatable bonds is 10. The minimum Gasteiger partial charge on any atom is -0.468 e. The summed E-state index contributed by atoms with van der Waals surface area (Å²) < 4.78 is 28.9. The van der Waals surface area contributed by atoms with E-state index in [0.717, 1.165) is 12.8 Å². The van der Waals surface area contributed by atoms with Gasteiger partial charge >= 0.3 is 5.97 Å². The summed E-state index contributed by atoms with van der Waals surface area (Å²) in [6.45, 7) is 10.7. The quantitative estimate of drug-likeness (QED) is 0.230. The van der Waals surface area contributed by atoms with Gasteiger partial charge in [-0.15, -0.1) is 0 Å². The molecule has 0 aromatic heterocycles. The third kappa shape index (κ3) is 5.15. The molecule has 0 radical (unpaired) electrons. The lowest BCUT2D eigenvalue weighted by Crippen LogP contribution is -2.57. The molecule has 0 bridgehead atoms. The average Bonchev–Trinajstić information content (AvgIpc) is 3.62. The summed E-state index contributed by atoms with van der Waals surface area (Å²) in [6.07, 6.45) is 2.68. The van der Waals surface area contributed by atoms with E-state index in [2.05, 4.69) is 32.2 Å². The van der Waals surface area contributed by atoms with Crippen LogP contribution in [0.25, 0.3) is 0 Å². The van der Waals surface area contributed by atoms with Crippen molar-refractivity contribution in [2.24, 2.45) is 11.8 Å². The molecule has 8 unspecified atom stereocenters. The van der Waals surface area contributed by atoms with Crippen LogP contribution in [0.1, 0.15) is 53.9 Å². The number of nitrogens with one attached hydrogen (secondary N) is 1. The summed E-state index contributed by atoms with van der Waals surface area (Å²) in [5.41, 5.74) is 0.651. The maximum Gasteiger partial charge on any atom is 0.323 e. The van der Waals surface area contributed by atoms with Crippen molar-refractivity contribution in [2.75, 3.05) is 20.8 Å². The maximum absolute atomic E-state index is 12.0. The van der Waals surface area contributed by atoms with Crippen molar-refractivity contribution < 1.29 is 33.6 Å². The van der Waals surface area contributed by atoms with Gasteiger partial charge in [-0.3, -0.25) is 10.1 Å². The van der Waals surface area contributed by atoms with Crippen molar-refractivity contribution in [1.82, 2.24) is 5.32 Å². The first-order chi connectivity index (χ1) is 14.6. The van der Waals surface area contributed by atoms with E-state index >= 15 is 0 Å². The summed E-state index contributed by atoms with van der Waals surface area (Å²) in [6, 6.07) is -0.670. The minimum atomic E-state index is -1.32. The number of epoxide rings is 2. The Bertz CT molecular complexity index is 673. The molecule has 0 aromatic rings. The molecule has 2 N–H and O–H groups in total. The third-order valence-corrected chi connectivity index (χ3v) is 6.98. The third-order valence-electron chi connectivity index (χ3n) is 6.98. The normalized spacial score (nSPS) is 38.6. The molecule has 1 spiro atoms. The SMILES string of the molecule is COC(=O)C(NC(O)OC1CCC2(CO2)C(C2(C)OC2CC=C(C)C)C1OC)C(C)C. The molecule has 8 nitrogen and oxygen atoms in total. The van der Waals surface area contributed by atoms with E-state index in [1.165, 1.54) is 12.7 Å². The van der Waals surface area contributed by atoms with Gasteiger partial charge in [-0.1, -0.05) is 25.5 Å². The summed E-state index contributed by atoms with van der Waals surface area (Å²) in [7, 11) is 2.99. The smallest absolute Gasteiger partial charge is 0.323 e. The maximum atomic E-state index is 12.0. The fourth-order valence-corrected chi connectivity index (χ4v) is 5.11. The van der Waals surface area contributed by atoms with Crippen molar-refractivity contribution in [2.45, 2.75) is 95.9 Å². The van der Waals surface area contributed by atoms with Crippen molar-refractivity contribution in [1.29, 1.82) is 0 Å². The standard InChI is InChI=1S/C23H39NO7/c1-13(2)8-9-16-22(5,31-16)19-18(27-6)15(10-11-23(19)12-29-23)30-21(26)24-17(14(3)4)20(25)28-7/h8,14-19,21,24,26H,9-12H2,1-7H3. The molecular formula is C23H39NO7. The molecule has 31 heavy (non-hydrogen) atoms. The van der Waals surface area contributed by atoms with E-state index in [4.69, 9.17) is 23.7 Å². The van der Waals surface area contributed by atoms with Crippen LogP contribution >= 0.6 is 0 Å². The van der Waals surface area contributed by atoms with Crippen molar-refractivity contribution in [3.8, 4) is 0 Å². The molecule has 0 amide bonds. The number of hydrogen-bond donors (Lipinski definition) is 2. The lowest BCUT2D eigenvalue weighted by atomic mass is 9.68. The van der Waals surface area contributed by atoms with Gasteiger partial charge in [0.2, 0.25) is 6.41 Å². The molecule has 8 atom stereocenters. The number of allylic oxidation sites excluding steroid dienone is 1. The highest BCUT2D eigenvalue weighted by Crippen LogP contribution is 2.59. The van der Waals surface area contributed by atoms with Gasteiger partial charge in [0, 0.05) is 7.11 Å². The predicted molar refractivity (Wildman–Crippen MR) is 114 cm³/mol. The van der Waals surface area contributed by atoms with Crippen LogP contribution in [0.15, 0.2) is 11.6 Å². The first-order valence-corrected chi connectivity index (χ1v) is 11.2. The first kappa shape index (κ1) is 24.6. The largest absolute Gasteiger partial charge is 0.468 e. The fourth-order valence-electron chi connectivity index (χ4n) is 5.11. The Labute approximate surface area is 185 Å². The zero-order valence-electron chi connectivity index (χ0n) is 19.8. The predicted octanol–water partition coefficient (Wildman–Crippen LogP) is 2.14. The van der Waals surface area contributed by atoms with Crippen LogP contribution in [0.5, 0.6) is 0 Å². The van der Waals surface area contributed by atoms with Gasteiger partial charge in [0.05, 0.1) is 43.5 Å². The lowest BCUT2D eigenvalue weighted by Gasteiger charge is -2.43. The summed E-state index contributed by atoms with van der Waals surface area (Å²) >= 11 is 0. The van der Waals surface area contributed by atoms with Crippen LogP contribution in [-0.4, -0.2) is 73.9 Å². The summed E-state index contributed by atoms with van der Waals surface area (Å²) in [4.78, 5) is 12.0.